The predicted molar refractivity (Wildman–Crippen MR) is 87.8 cm³/mol. The number of H-pyrrole nitrogens is 2. The van der Waals surface area contributed by atoms with Gasteiger partial charge >= 0.3 is 0 Å². The van der Waals surface area contributed by atoms with Crippen molar-refractivity contribution in [2.45, 2.75) is 26.3 Å². The molecular formula is C16H18N4O4. The van der Waals surface area contributed by atoms with Gasteiger partial charge in [0, 0.05) is 31.1 Å². The van der Waals surface area contributed by atoms with Gasteiger partial charge in [0.15, 0.2) is 0 Å². The van der Waals surface area contributed by atoms with E-state index in [-0.39, 0.29) is 29.9 Å². The summed E-state index contributed by atoms with van der Waals surface area (Å²) in [7, 11) is 1.65. The zero-order chi connectivity index (χ0) is 17.3. The average Bonchev–Trinajstić information content (AvgIpc) is 3.13. The van der Waals surface area contributed by atoms with Crippen LogP contribution in [0.3, 0.4) is 0 Å². The number of aryl methyl sites for hydroxylation is 2. The van der Waals surface area contributed by atoms with Crippen LogP contribution >= 0.6 is 0 Å². The number of aromatic amines is 2. The van der Waals surface area contributed by atoms with Crippen molar-refractivity contribution >= 4 is 16.9 Å². The van der Waals surface area contributed by atoms with E-state index in [1.54, 1.807) is 26.3 Å². The predicted octanol–water partition coefficient (Wildman–Crippen LogP) is 0.705. The molecule has 126 valence electrons. The first kappa shape index (κ1) is 15.9. The van der Waals surface area contributed by atoms with Crippen LogP contribution in [0.25, 0.3) is 11.0 Å². The van der Waals surface area contributed by atoms with Crippen molar-refractivity contribution in [3.8, 4) is 0 Å². The SMILES string of the molecule is Cc1c(CCC(=O)NCc2ccoc2)c(=O)[nH]c2c1c(=O)[nH]n2C. The van der Waals surface area contributed by atoms with E-state index in [2.05, 4.69) is 15.4 Å². The molecule has 0 atom stereocenters. The van der Waals surface area contributed by atoms with Crippen molar-refractivity contribution in [3.05, 3.63) is 56.0 Å². The Morgan fingerprint density at radius 1 is 1.33 bits per heavy atom. The van der Waals surface area contributed by atoms with E-state index in [4.69, 9.17) is 4.42 Å². The van der Waals surface area contributed by atoms with E-state index in [0.29, 0.717) is 28.7 Å². The molecule has 0 aromatic carbocycles. The van der Waals surface area contributed by atoms with Gasteiger partial charge in [-0.25, -0.2) is 0 Å². The quantitative estimate of drug-likeness (QED) is 0.639. The molecule has 3 rings (SSSR count). The fourth-order valence-corrected chi connectivity index (χ4v) is 2.76. The number of hydrogen-bond donors (Lipinski definition) is 3. The number of carbonyl (C=O) groups is 1. The summed E-state index contributed by atoms with van der Waals surface area (Å²) in [4.78, 5) is 38.9. The van der Waals surface area contributed by atoms with Crippen molar-refractivity contribution in [2.24, 2.45) is 7.05 Å². The second-order valence-electron chi connectivity index (χ2n) is 5.69. The molecule has 0 spiro atoms. The topological polar surface area (TPSA) is 113 Å². The van der Waals surface area contributed by atoms with Gasteiger partial charge in [0.05, 0.1) is 17.9 Å². The zero-order valence-electron chi connectivity index (χ0n) is 13.4. The highest BCUT2D eigenvalue weighted by Gasteiger charge is 2.15. The largest absolute Gasteiger partial charge is 0.472 e. The second-order valence-corrected chi connectivity index (χ2v) is 5.69. The molecule has 0 aliphatic rings. The van der Waals surface area contributed by atoms with E-state index in [1.165, 1.54) is 10.9 Å². The van der Waals surface area contributed by atoms with Crippen molar-refractivity contribution in [2.75, 3.05) is 0 Å². The van der Waals surface area contributed by atoms with Gasteiger partial charge in [0.1, 0.15) is 5.65 Å². The van der Waals surface area contributed by atoms with E-state index >= 15 is 0 Å². The monoisotopic (exact) mass is 330 g/mol. The van der Waals surface area contributed by atoms with Crippen molar-refractivity contribution in [3.63, 3.8) is 0 Å². The van der Waals surface area contributed by atoms with Crippen LogP contribution in [-0.2, 0) is 24.8 Å². The molecule has 1 amide bonds. The van der Waals surface area contributed by atoms with E-state index in [9.17, 15) is 14.4 Å². The number of aromatic nitrogens is 3. The van der Waals surface area contributed by atoms with Gasteiger partial charge in [0.25, 0.3) is 11.1 Å². The minimum atomic E-state index is -0.280. The molecule has 0 bridgehead atoms. The maximum Gasteiger partial charge on any atom is 0.273 e. The zero-order valence-corrected chi connectivity index (χ0v) is 13.4. The van der Waals surface area contributed by atoms with Crippen molar-refractivity contribution in [1.29, 1.82) is 0 Å². The first-order valence-electron chi connectivity index (χ1n) is 7.55. The minimum absolute atomic E-state index is 0.165. The third-order valence-corrected chi connectivity index (χ3v) is 4.07. The lowest BCUT2D eigenvalue weighted by Gasteiger charge is -2.07. The number of pyridine rings is 1. The summed E-state index contributed by atoms with van der Waals surface area (Å²) in [6.45, 7) is 2.10. The van der Waals surface area contributed by atoms with Crippen molar-refractivity contribution in [1.82, 2.24) is 20.1 Å². The van der Waals surface area contributed by atoms with Gasteiger partial charge in [-0.05, 0) is 25.0 Å². The summed E-state index contributed by atoms with van der Waals surface area (Å²) in [5.74, 6) is -0.169. The Morgan fingerprint density at radius 2 is 2.12 bits per heavy atom. The van der Waals surface area contributed by atoms with Gasteiger partial charge in [-0.3, -0.25) is 24.2 Å². The molecule has 3 aromatic heterocycles. The lowest BCUT2D eigenvalue weighted by molar-refractivity contribution is -0.121. The Hall–Kier alpha value is -3.03. The Balaban J connectivity index is 1.75. The number of hydrogen-bond acceptors (Lipinski definition) is 4. The normalized spacial score (nSPS) is 11.1. The molecule has 3 heterocycles. The smallest absolute Gasteiger partial charge is 0.273 e. The number of nitrogens with one attached hydrogen (secondary N) is 3. The Labute approximate surface area is 136 Å². The summed E-state index contributed by atoms with van der Waals surface area (Å²) < 4.78 is 6.41. The maximum absolute atomic E-state index is 12.2. The molecule has 8 nitrogen and oxygen atoms in total. The first-order valence-corrected chi connectivity index (χ1v) is 7.55. The van der Waals surface area contributed by atoms with Crippen LogP contribution < -0.4 is 16.4 Å². The summed E-state index contributed by atoms with van der Waals surface area (Å²) in [5.41, 5.74) is 1.85. The molecule has 3 aromatic rings. The van der Waals surface area contributed by atoms with E-state index in [1.807, 2.05) is 0 Å². The fourth-order valence-electron chi connectivity index (χ4n) is 2.76. The third-order valence-electron chi connectivity index (χ3n) is 4.07. The van der Waals surface area contributed by atoms with Crippen LogP contribution in [0.4, 0.5) is 0 Å². The van der Waals surface area contributed by atoms with Crippen LogP contribution in [0.1, 0.15) is 23.1 Å². The molecule has 0 saturated heterocycles. The second kappa shape index (κ2) is 6.23. The van der Waals surface area contributed by atoms with E-state index < -0.39 is 0 Å². The summed E-state index contributed by atoms with van der Waals surface area (Å²) in [6.07, 6.45) is 3.53. The molecule has 8 heteroatoms. The lowest BCUT2D eigenvalue weighted by Crippen LogP contribution is -2.24. The van der Waals surface area contributed by atoms with Gasteiger partial charge in [-0.15, -0.1) is 0 Å². The molecule has 0 aliphatic carbocycles. The maximum atomic E-state index is 12.2. The molecule has 0 radical (unpaired) electrons. The molecule has 24 heavy (non-hydrogen) atoms. The molecule has 0 saturated carbocycles. The van der Waals surface area contributed by atoms with Crippen LogP contribution in [0.15, 0.2) is 32.6 Å². The van der Waals surface area contributed by atoms with E-state index in [0.717, 1.165) is 5.56 Å². The molecule has 3 N–H and O–H groups in total. The molecule has 0 unspecified atom stereocenters. The van der Waals surface area contributed by atoms with Gasteiger partial charge < -0.3 is 14.7 Å². The van der Waals surface area contributed by atoms with Gasteiger partial charge in [-0.2, -0.15) is 0 Å². The number of amides is 1. The molecule has 0 aliphatic heterocycles. The van der Waals surface area contributed by atoms with Gasteiger partial charge in [-0.1, -0.05) is 0 Å². The Bertz CT molecular complexity index is 992. The minimum Gasteiger partial charge on any atom is -0.472 e. The first-order chi connectivity index (χ1) is 11.5. The molecule has 0 fully saturated rings. The number of fused-ring (bicyclic) bond motifs is 1. The third kappa shape index (κ3) is 2.90. The molecular weight excluding hydrogens is 312 g/mol. The number of nitrogens with zero attached hydrogens (tertiary/aromatic N) is 1. The van der Waals surface area contributed by atoms with Crippen LogP contribution in [-0.4, -0.2) is 20.7 Å². The summed E-state index contributed by atoms with van der Waals surface area (Å²) in [6, 6.07) is 1.77. The van der Waals surface area contributed by atoms with Gasteiger partial charge in [0.2, 0.25) is 5.91 Å². The van der Waals surface area contributed by atoms with Crippen LogP contribution in [0, 0.1) is 6.92 Å². The highest BCUT2D eigenvalue weighted by Crippen LogP contribution is 2.14. The number of rotatable bonds is 5. The number of carbonyl (C=O) groups excluding carboxylic acids is 1. The summed E-state index contributed by atoms with van der Waals surface area (Å²) in [5, 5.41) is 5.83. The number of furan rings is 1. The van der Waals surface area contributed by atoms with Crippen molar-refractivity contribution < 1.29 is 9.21 Å². The van der Waals surface area contributed by atoms with Crippen LogP contribution in [0.2, 0.25) is 0 Å². The average molecular weight is 330 g/mol. The lowest BCUT2D eigenvalue weighted by atomic mass is 10.0. The Morgan fingerprint density at radius 3 is 2.83 bits per heavy atom. The van der Waals surface area contributed by atoms with Crippen LogP contribution in [0.5, 0.6) is 0 Å². The summed E-state index contributed by atoms with van der Waals surface area (Å²) >= 11 is 0. The fraction of sp³-hybridized carbons (Fsp3) is 0.312. The standard InChI is InChI=1S/C16H18N4O4/c1-9-11(3-4-12(21)17-7-10-5-6-24-8-10)15(22)18-14-13(9)16(23)19-20(14)2/h5-6,8H,3-4,7H2,1-2H3,(H,17,21)(H,18,22)(H,19,23). The highest BCUT2D eigenvalue weighted by atomic mass is 16.3. The highest BCUT2D eigenvalue weighted by molar-refractivity contribution is 5.80. The Kier molecular flexibility index (Phi) is 4.11.